The maximum atomic E-state index is 4.51. The Balaban J connectivity index is 1.91. The Morgan fingerprint density at radius 3 is 2.39 bits per heavy atom. The van der Waals surface area contributed by atoms with Gasteiger partial charge < -0.3 is 0 Å². The minimum Gasteiger partial charge on any atom is -0.226 e. The molecule has 0 fully saturated rings. The van der Waals surface area contributed by atoms with Crippen LogP contribution in [0.2, 0.25) is 0 Å². The summed E-state index contributed by atoms with van der Waals surface area (Å²) in [5.41, 5.74) is 2.91. The molecule has 1 aromatic carbocycles. The quantitative estimate of drug-likeness (QED) is 0.703. The van der Waals surface area contributed by atoms with Crippen molar-refractivity contribution in [3.63, 3.8) is 0 Å². The van der Waals surface area contributed by atoms with Gasteiger partial charge in [-0.15, -0.1) is 0 Å². The second-order valence-corrected chi connectivity index (χ2v) is 6.20. The van der Waals surface area contributed by atoms with E-state index in [9.17, 15) is 0 Å². The first-order valence-electron chi connectivity index (χ1n) is 5.99. The lowest BCUT2D eigenvalue weighted by atomic mass is 9.83. The molecule has 2 nitrogen and oxygen atoms in total. The minimum atomic E-state index is 0.425. The van der Waals surface area contributed by atoms with Crippen molar-refractivity contribution in [2.75, 3.05) is 0 Å². The highest BCUT2D eigenvalue weighted by atomic mass is 79.9. The Hall–Kier alpha value is -0.740. The summed E-state index contributed by atoms with van der Waals surface area (Å²) in [6.45, 7) is 0. The van der Waals surface area contributed by atoms with Crippen LogP contribution in [-0.4, -0.2) is 9.97 Å². The van der Waals surface area contributed by atoms with Gasteiger partial charge in [-0.1, -0.05) is 24.3 Å². The summed E-state index contributed by atoms with van der Waals surface area (Å²) >= 11 is 6.86. The zero-order valence-electron chi connectivity index (χ0n) is 9.74. The third-order valence-corrected chi connectivity index (χ3v) is 4.21. The van der Waals surface area contributed by atoms with Crippen LogP contribution in [0.3, 0.4) is 0 Å². The van der Waals surface area contributed by atoms with Crippen LogP contribution >= 0.6 is 31.9 Å². The SMILES string of the molecule is Brc1cc(Br)nc(C2CCc3ccccc3C2)n1. The maximum Gasteiger partial charge on any atom is 0.134 e. The van der Waals surface area contributed by atoms with Crippen LogP contribution in [0.4, 0.5) is 0 Å². The van der Waals surface area contributed by atoms with Crippen molar-refractivity contribution < 1.29 is 0 Å². The first-order chi connectivity index (χ1) is 8.72. The van der Waals surface area contributed by atoms with Crippen molar-refractivity contribution in [3.05, 3.63) is 56.5 Å². The van der Waals surface area contributed by atoms with Gasteiger partial charge >= 0.3 is 0 Å². The lowest BCUT2D eigenvalue weighted by Gasteiger charge is -2.23. The van der Waals surface area contributed by atoms with Crippen LogP contribution in [0, 0.1) is 0 Å². The molecule has 0 aliphatic heterocycles. The molecule has 2 aromatic rings. The van der Waals surface area contributed by atoms with Gasteiger partial charge in [0, 0.05) is 12.0 Å². The first kappa shape index (κ1) is 12.3. The van der Waals surface area contributed by atoms with Crippen molar-refractivity contribution in [2.45, 2.75) is 25.2 Å². The van der Waals surface area contributed by atoms with Crippen molar-refractivity contribution in [1.82, 2.24) is 9.97 Å². The normalized spacial score (nSPS) is 18.4. The summed E-state index contributed by atoms with van der Waals surface area (Å²) in [7, 11) is 0. The van der Waals surface area contributed by atoms with E-state index < -0.39 is 0 Å². The van der Waals surface area contributed by atoms with Crippen molar-refractivity contribution in [2.24, 2.45) is 0 Å². The van der Waals surface area contributed by atoms with E-state index in [1.165, 1.54) is 11.1 Å². The summed E-state index contributed by atoms with van der Waals surface area (Å²) in [6.07, 6.45) is 3.29. The number of nitrogens with zero attached hydrogens (tertiary/aromatic N) is 2. The molecule has 0 bridgehead atoms. The predicted octanol–water partition coefficient (Wildman–Crippen LogP) is 4.27. The molecule has 0 radical (unpaired) electrons. The van der Waals surface area contributed by atoms with E-state index in [4.69, 9.17) is 0 Å². The largest absolute Gasteiger partial charge is 0.226 e. The lowest BCUT2D eigenvalue weighted by Crippen LogP contribution is -2.15. The van der Waals surface area contributed by atoms with E-state index in [1.54, 1.807) is 0 Å². The molecule has 92 valence electrons. The average Bonchev–Trinajstić information content (AvgIpc) is 2.37. The van der Waals surface area contributed by atoms with Gasteiger partial charge in [-0.05, 0) is 62.2 Å². The second-order valence-electron chi connectivity index (χ2n) is 4.58. The van der Waals surface area contributed by atoms with Gasteiger partial charge in [0.2, 0.25) is 0 Å². The molecule has 0 amide bonds. The van der Waals surface area contributed by atoms with E-state index in [1.807, 2.05) is 6.07 Å². The number of hydrogen-bond acceptors (Lipinski definition) is 2. The molecule has 0 saturated heterocycles. The van der Waals surface area contributed by atoms with Crippen molar-refractivity contribution in [1.29, 1.82) is 0 Å². The van der Waals surface area contributed by atoms with Gasteiger partial charge in [-0.25, -0.2) is 9.97 Å². The monoisotopic (exact) mass is 366 g/mol. The van der Waals surface area contributed by atoms with Crippen molar-refractivity contribution >= 4 is 31.9 Å². The fraction of sp³-hybridized carbons (Fsp3) is 0.286. The van der Waals surface area contributed by atoms with Gasteiger partial charge in [0.1, 0.15) is 15.0 Å². The van der Waals surface area contributed by atoms with Crippen LogP contribution in [-0.2, 0) is 12.8 Å². The van der Waals surface area contributed by atoms with Gasteiger partial charge in [-0.3, -0.25) is 0 Å². The van der Waals surface area contributed by atoms with E-state index >= 15 is 0 Å². The van der Waals surface area contributed by atoms with Crippen LogP contribution in [0.1, 0.15) is 29.3 Å². The number of hydrogen-bond donors (Lipinski definition) is 0. The molecular weight excluding hydrogens is 356 g/mol. The van der Waals surface area contributed by atoms with E-state index in [0.29, 0.717) is 5.92 Å². The summed E-state index contributed by atoms with van der Waals surface area (Å²) in [4.78, 5) is 9.01. The Kier molecular flexibility index (Phi) is 3.48. The number of fused-ring (bicyclic) bond motifs is 1. The van der Waals surface area contributed by atoms with E-state index in [-0.39, 0.29) is 0 Å². The average molecular weight is 368 g/mol. The van der Waals surface area contributed by atoms with E-state index in [2.05, 4.69) is 66.1 Å². The molecule has 3 rings (SSSR count). The first-order valence-corrected chi connectivity index (χ1v) is 7.58. The molecule has 0 spiro atoms. The molecule has 0 N–H and O–H groups in total. The number of rotatable bonds is 1. The number of aromatic nitrogens is 2. The van der Waals surface area contributed by atoms with Gasteiger partial charge in [0.05, 0.1) is 0 Å². The molecule has 1 aliphatic rings. The Morgan fingerprint density at radius 2 is 1.67 bits per heavy atom. The lowest BCUT2D eigenvalue weighted by molar-refractivity contribution is 0.552. The highest BCUT2D eigenvalue weighted by Crippen LogP contribution is 2.31. The molecule has 1 aromatic heterocycles. The van der Waals surface area contributed by atoms with Gasteiger partial charge in [-0.2, -0.15) is 0 Å². The predicted molar refractivity (Wildman–Crippen MR) is 78.6 cm³/mol. The van der Waals surface area contributed by atoms with Gasteiger partial charge in [0.25, 0.3) is 0 Å². The number of aryl methyl sites for hydroxylation is 1. The minimum absolute atomic E-state index is 0.425. The standard InChI is InChI=1S/C14H12Br2N2/c15-12-8-13(16)18-14(17-12)11-6-5-9-3-1-2-4-10(9)7-11/h1-4,8,11H,5-7H2. The fourth-order valence-electron chi connectivity index (χ4n) is 2.51. The van der Waals surface area contributed by atoms with Crippen LogP contribution in [0.25, 0.3) is 0 Å². The second kappa shape index (κ2) is 5.10. The zero-order chi connectivity index (χ0) is 12.5. The Labute approximate surface area is 123 Å². The third kappa shape index (κ3) is 2.50. The Morgan fingerprint density at radius 1 is 1.00 bits per heavy atom. The molecular formula is C14H12Br2N2. The summed E-state index contributed by atoms with van der Waals surface area (Å²) < 4.78 is 1.69. The number of benzene rings is 1. The van der Waals surface area contributed by atoms with E-state index in [0.717, 1.165) is 34.3 Å². The molecule has 0 saturated carbocycles. The molecule has 1 aliphatic carbocycles. The zero-order valence-corrected chi connectivity index (χ0v) is 12.9. The smallest absolute Gasteiger partial charge is 0.134 e. The van der Waals surface area contributed by atoms with Crippen LogP contribution < -0.4 is 0 Å². The summed E-state index contributed by atoms with van der Waals surface area (Å²) in [5, 5.41) is 0. The maximum absolute atomic E-state index is 4.51. The van der Waals surface area contributed by atoms with Crippen LogP contribution in [0.5, 0.6) is 0 Å². The fourth-order valence-corrected chi connectivity index (χ4v) is 3.61. The number of halogens is 2. The highest BCUT2D eigenvalue weighted by Gasteiger charge is 2.22. The molecule has 1 heterocycles. The molecule has 1 atom stereocenters. The molecule has 1 unspecified atom stereocenters. The highest BCUT2D eigenvalue weighted by molar-refractivity contribution is 9.11. The van der Waals surface area contributed by atoms with Crippen LogP contribution in [0.15, 0.2) is 39.5 Å². The summed E-state index contributed by atoms with van der Waals surface area (Å²) in [5.74, 6) is 1.36. The van der Waals surface area contributed by atoms with Crippen molar-refractivity contribution in [3.8, 4) is 0 Å². The molecule has 18 heavy (non-hydrogen) atoms. The Bertz CT molecular complexity index is 564. The summed E-state index contributed by atoms with van der Waals surface area (Å²) in [6, 6.07) is 10.5. The topological polar surface area (TPSA) is 25.8 Å². The third-order valence-electron chi connectivity index (χ3n) is 3.39. The molecule has 4 heteroatoms. The van der Waals surface area contributed by atoms with Gasteiger partial charge in [0.15, 0.2) is 0 Å².